The van der Waals surface area contributed by atoms with Crippen molar-refractivity contribution in [3.8, 4) is 28.6 Å². The van der Waals surface area contributed by atoms with Gasteiger partial charge in [0.25, 0.3) is 0 Å². The van der Waals surface area contributed by atoms with Crippen molar-refractivity contribution in [2.24, 2.45) is 0 Å². The average molecular weight is 356 g/mol. The largest absolute Gasteiger partial charge is 0.508 e. The van der Waals surface area contributed by atoms with Gasteiger partial charge >= 0.3 is 5.97 Å². The topological polar surface area (TPSA) is 89.1 Å². The molecule has 0 saturated heterocycles. The molecule has 3 rings (SSSR count). The lowest BCUT2D eigenvalue weighted by molar-refractivity contribution is 0.0601. The Morgan fingerprint density at radius 2 is 1.73 bits per heavy atom. The normalized spacial score (nSPS) is 11.0. The predicted molar refractivity (Wildman–Crippen MR) is 97.1 cm³/mol. The van der Waals surface area contributed by atoms with E-state index in [4.69, 9.17) is 13.9 Å². The van der Waals surface area contributed by atoms with Crippen LogP contribution in [0.5, 0.6) is 17.2 Å². The highest BCUT2D eigenvalue weighted by Gasteiger charge is 2.27. The second kappa shape index (κ2) is 6.29. The summed E-state index contributed by atoms with van der Waals surface area (Å²) in [7, 11) is 2.73. The van der Waals surface area contributed by atoms with E-state index >= 15 is 0 Å². The lowest BCUT2D eigenvalue weighted by Crippen LogP contribution is -2.03. The number of esters is 1. The van der Waals surface area contributed by atoms with Gasteiger partial charge in [0.05, 0.1) is 19.8 Å². The van der Waals surface area contributed by atoms with Gasteiger partial charge in [0.2, 0.25) is 0 Å². The summed E-state index contributed by atoms with van der Waals surface area (Å²) in [6.07, 6.45) is 0. The highest BCUT2D eigenvalue weighted by atomic mass is 16.5. The number of furan rings is 1. The van der Waals surface area contributed by atoms with Crippen LogP contribution < -0.4 is 4.74 Å². The maximum Gasteiger partial charge on any atom is 0.338 e. The molecule has 0 saturated carbocycles. The van der Waals surface area contributed by atoms with Crippen LogP contribution in [0.1, 0.15) is 27.0 Å². The predicted octanol–water partition coefficient (Wildman–Crippen LogP) is 4.23. The summed E-state index contributed by atoms with van der Waals surface area (Å²) in [5, 5.41) is 20.8. The first-order chi connectivity index (χ1) is 12.3. The van der Waals surface area contributed by atoms with E-state index in [1.54, 1.807) is 6.07 Å². The van der Waals surface area contributed by atoms with Gasteiger partial charge in [-0.2, -0.15) is 0 Å². The fraction of sp³-hybridized carbons (Fsp3) is 0.250. The molecule has 0 aliphatic rings. The molecule has 3 aromatic rings. The summed E-state index contributed by atoms with van der Waals surface area (Å²) < 4.78 is 16.3. The minimum absolute atomic E-state index is 0.0741. The van der Waals surface area contributed by atoms with Gasteiger partial charge in [-0.1, -0.05) is 0 Å². The van der Waals surface area contributed by atoms with Crippen LogP contribution in [0.3, 0.4) is 0 Å². The van der Waals surface area contributed by atoms with E-state index in [9.17, 15) is 15.0 Å². The van der Waals surface area contributed by atoms with E-state index in [1.165, 1.54) is 26.4 Å². The summed E-state index contributed by atoms with van der Waals surface area (Å²) in [5.74, 6) is -0.0131. The van der Waals surface area contributed by atoms with Gasteiger partial charge in [-0.15, -0.1) is 0 Å². The van der Waals surface area contributed by atoms with Gasteiger partial charge in [0.15, 0.2) is 11.5 Å². The molecule has 0 unspecified atom stereocenters. The van der Waals surface area contributed by atoms with E-state index in [-0.39, 0.29) is 22.8 Å². The van der Waals surface area contributed by atoms with Crippen molar-refractivity contribution < 1.29 is 28.9 Å². The SMILES string of the molecule is COC(=O)c1cc(O)ccc1-c1oc2c(C)c(C)c(C)c(O)c2c1OC. The number of benzene rings is 2. The number of fused-ring (bicyclic) bond motifs is 1. The number of phenolic OH excluding ortho intramolecular Hbond substituents is 2. The van der Waals surface area contributed by atoms with E-state index < -0.39 is 5.97 Å². The van der Waals surface area contributed by atoms with Crippen molar-refractivity contribution in [1.29, 1.82) is 0 Å². The molecule has 0 aliphatic carbocycles. The van der Waals surface area contributed by atoms with Crippen LogP contribution in [-0.2, 0) is 4.74 Å². The van der Waals surface area contributed by atoms with Gasteiger partial charge in [0, 0.05) is 5.56 Å². The molecule has 0 bridgehead atoms. The Morgan fingerprint density at radius 3 is 2.35 bits per heavy atom. The van der Waals surface area contributed by atoms with Crippen molar-refractivity contribution >= 4 is 16.9 Å². The Labute approximate surface area is 150 Å². The molecule has 136 valence electrons. The van der Waals surface area contributed by atoms with Gasteiger partial charge in [-0.25, -0.2) is 4.79 Å². The van der Waals surface area contributed by atoms with Crippen LogP contribution in [0.4, 0.5) is 0 Å². The molecule has 6 nitrogen and oxygen atoms in total. The number of ether oxygens (including phenoxy) is 2. The first-order valence-corrected chi connectivity index (χ1v) is 8.02. The van der Waals surface area contributed by atoms with Crippen molar-refractivity contribution in [2.75, 3.05) is 14.2 Å². The minimum atomic E-state index is -0.619. The zero-order valence-electron chi connectivity index (χ0n) is 15.3. The third-order valence-corrected chi connectivity index (χ3v) is 4.78. The summed E-state index contributed by atoms with van der Waals surface area (Å²) >= 11 is 0. The number of phenols is 2. The molecule has 1 heterocycles. The molecular formula is C20H20O6. The first kappa shape index (κ1) is 17.7. The molecule has 0 fully saturated rings. The Balaban J connectivity index is 2.43. The number of hydrogen-bond acceptors (Lipinski definition) is 6. The van der Waals surface area contributed by atoms with Gasteiger partial charge in [0.1, 0.15) is 22.5 Å². The summed E-state index contributed by atoms with van der Waals surface area (Å²) in [6.45, 7) is 5.62. The minimum Gasteiger partial charge on any atom is -0.508 e. The third kappa shape index (κ3) is 2.45. The molecule has 1 aromatic heterocycles. The monoisotopic (exact) mass is 356 g/mol. The van der Waals surface area contributed by atoms with E-state index in [0.29, 0.717) is 22.3 Å². The number of carbonyl (C=O) groups excluding carboxylic acids is 1. The van der Waals surface area contributed by atoms with Crippen molar-refractivity contribution in [3.63, 3.8) is 0 Å². The molecule has 0 amide bonds. The van der Waals surface area contributed by atoms with Gasteiger partial charge in [-0.3, -0.25) is 0 Å². The molecular weight excluding hydrogens is 336 g/mol. The van der Waals surface area contributed by atoms with E-state index in [2.05, 4.69) is 0 Å². The number of aryl methyl sites for hydroxylation is 1. The molecule has 0 aliphatic heterocycles. The standard InChI is InChI=1S/C20H20O6/c1-9-10(2)16(22)15-17(11(9)3)26-18(19(15)24-4)13-7-6-12(21)8-14(13)20(23)25-5/h6-8,21-22H,1-5H3. The number of aromatic hydroxyl groups is 2. The highest BCUT2D eigenvalue weighted by molar-refractivity contribution is 6.03. The average Bonchev–Trinajstić information content (AvgIpc) is 3.03. The maximum absolute atomic E-state index is 12.2. The second-order valence-corrected chi connectivity index (χ2v) is 6.11. The van der Waals surface area contributed by atoms with E-state index in [1.807, 2.05) is 20.8 Å². The van der Waals surface area contributed by atoms with Crippen LogP contribution >= 0.6 is 0 Å². The molecule has 2 N–H and O–H groups in total. The molecule has 26 heavy (non-hydrogen) atoms. The van der Waals surface area contributed by atoms with Crippen LogP contribution in [-0.4, -0.2) is 30.4 Å². The van der Waals surface area contributed by atoms with Crippen molar-refractivity contribution in [3.05, 3.63) is 40.5 Å². The Morgan fingerprint density at radius 1 is 1.04 bits per heavy atom. The molecule has 0 radical (unpaired) electrons. The second-order valence-electron chi connectivity index (χ2n) is 6.11. The zero-order valence-corrected chi connectivity index (χ0v) is 15.3. The lowest BCUT2D eigenvalue weighted by Gasteiger charge is -2.09. The third-order valence-electron chi connectivity index (χ3n) is 4.78. The highest BCUT2D eigenvalue weighted by Crippen LogP contribution is 2.48. The first-order valence-electron chi connectivity index (χ1n) is 8.02. The molecule has 6 heteroatoms. The number of carbonyl (C=O) groups is 1. The zero-order chi connectivity index (χ0) is 19.2. The molecule has 0 spiro atoms. The van der Waals surface area contributed by atoms with Crippen LogP contribution in [0, 0.1) is 20.8 Å². The Hall–Kier alpha value is -3.15. The quantitative estimate of drug-likeness (QED) is 0.683. The number of methoxy groups -OCH3 is 2. The fourth-order valence-corrected chi connectivity index (χ4v) is 3.09. The summed E-state index contributed by atoms with van der Waals surface area (Å²) in [6, 6.07) is 4.29. The van der Waals surface area contributed by atoms with Gasteiger partial charge in [-0.05, 0) is 55.7 Å². The molecule has 2 aromatic carbocycles. The van der Waals surface area contributed by atoms with E-state index in [0.717, 1.165) is 16.7 Å². The van der Waals surface area contributed by atoms with Crippen molar-refractivity contribution in [2.45, 2.75) is 20.8 Å². The summed E-state index contributed by atoms with van der Waals surface area (Å²) in [4.78, 5) is 12.2. The number of rotatable bonds is 3. The van der Waals surface area contributed by atoms with Crippen molar-refractivity contribution in [1.82, 2.24) is 0 Å². The Kier molecular flexibility index (Phi) is 4.28. The smallest absolute Gasteiger partial charge is 0.338 e. The lowest BCUT2D eigenvalue weighted by atomic mass is 9.99. The van der Waals surface area contributed by atoms with Crippen LogP contribution in [0.25, 0.3) is 22.3 Å². The fourth-order valence-electron chi connectivity index (χ4n) is 3.09. The van der Waals surface area contributed by atoms with Crippen LogP contribution in [0.15, 0.2) is 22.6 Å². The van der Waals surface area contributed by atoms with Crippen LogP contribution in [0.2, 0.25) is 0 Å². The number of hydrogen-bond donors (Lipinski definition) is 2. The van der Waals surface area contributed by atoms with Gasteiger partial charge < -0.3 is 24.1 Å². The maximum atomic E-state index is 12.2. The molecule has 0 atom stereocenters. The summed E-state index contributed by atoms with van der Waals surface area (Å²) in [5.41, 5.74) is 3.54. The Bertz CT molecular complexity index is 1030.